The molecule has 0 bridgehead atoms. The molecule has 11 heteroatoms. The van der Waals surface area contributed by atoms with Gasteiger partial charge in [0.1, 0.15) is 5.01 Å². The lowest BCUT2D eigenvalue weighted by atomic mass is 10.1. The minimum Gasteiger partial charge on any atom is -0.481 e. The number of nitrogens with zero attached hydrogens (tertiary/aromatic N) is 3. The molecule has 2 aliphatic heterocycles. The predicted molar refractivity (Wildman–Crippen MR) is 135 cm³/mol. The van der Waals surface area contributed by atoms with Gasteiger partial charge in [0, 0.05) is 22.9 Å². The summed E-state index contributed by atoms with van der Waals surface area (Å²) in [6.45, 7) is 2.05. The van der Waals surface area contributed by atoms with Gasteiger partial charge in [-0.1, -0.05) is 17.8 Å². The molecule has 2 fully saturated rings. The third-order valence-electron chi connectivity index (χ3n) is 5.78. The third kappa shape index (κ3) is 4.59. The fourth-order valence-electron chi connectivity index (χ4n) is 4.16. The molecule has 0 unspecified atom stereocenters. The van der Waals surface area contributed by atoms with Gasteiger partial charge in [0.25, 0.3) is 0 Å². The maximum absolute atomic E-state index is 12.3. The van der Waals surface area contributed by atoms with Gasteiger partial charge in [0.15, 0.2) is 15.0 Å². The van der Waals surface area contributed by atoms with E-state index in [2.05, 4.69) is 11.1 Å². The highest BCUT2D eigenvalue weighted by Crippen LogP contribution is 2.41. The van der Waals surface area contributed by atoms with E-state index in [-0.39, 0.29) is 35.6 Å². The smallest absolute Gasteiger partial charge is 0.303 e. The number of aliphatic imine (C=N–C) groups is 1. The molecule has 0 saturated carbocycles. The topological polar surface area (TPSA) is 117 Å². The molecule has 1 amide bonds. The van der Waals surface area contributed by atoms with Crippen LogP contribution in [0.5, 0.6) is 0 Å². The van der Waals surface area contributed by atoms with Crippen molar-refractivity contribution in [3.05, 3.63) is 48.0 Å². The number of benzene rings is 2. The average Bonchev–Trinajstić information content (AvgIpc) is 3.41. The van der Waals surface area contributed by atoms with Crippen LogP contribution < -0.4 is 4.90 Å². The van der Waals surface area contributed by atoms with Crippen molar-refractivity contribution in [2.75, 3.05) is 16.4 Å². The molecule has 2 aromatic carbocycles. The number of aliphatic carboxylic acids is 1. The maximum atomic E-state index is 12.3. The van der Waals surface area contributed by atoms with Crippen molar-refractivity contribution in [3.8, 4) is 10.6 Å². The summed E-state index contributed by atoms with van der Waals surface area (Å²) in [7, 11) is -3.18. The number of carboxylic acid groups (broad SMARTS) is 1. The number of carbonyl (C=O) groups is 2. The van der Waals surface area contributed by atoms with Gasteiger partial charge >= 0.3 is 5.97 Å². The highest BCUT2D eigenvalue weighted by Gasteiger charge is 2.49. The van der Waals surface area contributed by atoms with Gasteiger partial charge in [0.05, 0.1) is 34.2 Å². The van der Waals surface area contributed by atoms with Crippen LogP contribution in [0.1, 0.15) is 18.4 Å². The largest absolute Gasteiger partial charge is 0.481 e. The number of fused-ring (bicyclic) bond motifs is 2. The van der Waals surface area contributed by atoms with E-state index in [1.165, 1.54) is 17.3 Å². The van der Waals surface area contributed by atoms with Crippen molar-refractivity contribution in [1.82, 2.24) is 4.98 Å². The van der Waals surface area contributed by atoms with Gasteiger partial charge in [-0.2, -0.15) is 4.99 Å². The number of carbonyl (C=O) groups excluding carboxylic acids is 1. The van der Waals surface area contributed by atoms with E-state index in [0.29, 0.717) is 5.17 Å². The lowest BCUT2D eigenvalue weighted by Gasteiger charge is -2.24. The number of aryl methyl sites for hydroxylation is 1. The minimum atomic E-state index is -3.18. The molecular weight excluding hydrogens is 494 g/mol. The standard InChI is InChI=1S/C23H21N3O5S3/c1-13-2-7-16-18(10-13)32-22(24-16)14-3-5-15(6-4-14)26-17-11-34(30,31)12-19(17)33-23(26)25-20(27)8-9-21(28)29/h2-7,10,17,19H,8-9,11-12H2,1H3,(H,28,29)/t17-,19+/m0/s1. The number of hydrogen-bond acceptors (Lipinski definition) is 7. The number of sulfone groups is 1. The third-order valence-corrected chi connectivity index (χ3v) is 10.1. The summed E-state index contributed by atoms with van der Waals surface area (Å²) in [5, 5.41) is 9.93. The van der Waals surface area contributed by atoms with Crippen molar-refractivity contribution < 1.29 is 23.1 Å². The second kappa shape index (κ2) is 8.79. The summed E-state index contributed by atoms with van der Waals surface area (Å²) in [5.74, 6) is -1.57. The molecule has 176 valence electrons. The summed E-state index contributed by atoms with van der Waals surface area (Å²) >= 11 is 2.88. The number of amides is 1. The Morgan fingerprint density at radius 2 is 1.91 bits per heavy atom. The van der Waals surface area contributed by atoms with Crippen LogP contribution in [0, 0.1) is 6.92 Å². The highest BCUT2D eigenvalue weighted by atomic mass is 32.2. The first-order chi connectivity index (χ1) is 16.2. The number of hydrogen-bond donors (Lipinski definition) is 1. The fraction of sp³-hybridized carbons (Fsp3) is 0.304. The first-order valence-corrected chi connectivity index (χ1v) is 14.2. The van der Waals surface area contributed by atoms with Gasteiger partial charge in [-0.15, -0.1) is 11.3 Å². The van der Waals surface area contributed by atoms with Gasteiger partial charge in [-0.3, -0.25) is 9.59 Å². The second-order valence-corrected chi connectivity index (χ2v) is 12.8. The minimum absolute atomic E-state index is 0.00796. The van der Waals surface area contributed by atoms with E-state index in [9.17, 15) is 18.0 Å². The molecule has 0 spiro atoms. The number of thioether (sulfide) groups is 1. The van der Waals surface area contributed by atoms with Crippen LogP contribution in [0.25, 0.3) is 20.8 Å². The molecule has 2 atom stereocenters. The van der Waals surface area contributed by atoms with Gasteiger partial charge in [0.2, 0.25) is 5.91 Å². The molecule has 2 saturated heterocycles. The molecule has 34 heavy (non-hydrogen) atoms. The van der Waals surface area contributed by atoms with E-state index in [1.807, 2.05) is 48.2 Å². The Balaban J connectivity index is 1.45. The molecule has 0 aliphatic carbocycles. The molecule has 8 nitrogen and oxygen atoms in total. The predicted octanol–water partition coefficient (Wildman–Crippen LogP) is 3.74. The van der Waals surface area contributed by atoms with Gasteiger partial charge < -0.3 is 10.0 Å². The van der Waals surface area contributed by atoms with Crippen molar-refractivity contribution >= 4 is 65.9 Å². The normalized spacial score (nSPS) is 22.4. The molecule has 5 rings (SSSR count). The van der Waals surface area contributed by atoms with Gasteiger partial charge in [-0.05, 0) is 48.9 Å². The summed E-state index contributed by atoms with van der Waals surface area (Å²) < 4.78 is 25.6. The molecule has 2 aliphatic rings. The first-order valence-electron chi connectivity index (χ1n) is 10.7. The summed E-state index contributed by atoms with van der Waals surface area (Å²) in [6.07, 6.45) is -0.491. The fourth-order valence-corrected chi connectivity index (χ4v) is 9.16. The molecular formula is C23H21N3O5S3. The number of aromatic nitrogens is 1. The van der Waals surface area contributed by atoms with Crippen molar-refractivity contribution in [1.29, 1.82) is 0 Å². The zero-order valence-electron chi connectivity index (χ0n) is 18.2. The molecule has 1 aromatic heterocycles. The van der Waals surface area contributed by atoms with Crippen LogP contribution in [0.2, 0.25) is 0 Å². The van der Waals surface area contributed by atoms with Crippen LogP contribution in [0.3, 0.4) is 0 Å². The van der Waals surface area contributed by atoms with Crippen LogP contribution in [-0.2, 0) is 19.4 Å². The number of amidine groups is 1. The van der Waals surface area contributed by atoms with Gasteiger partial charge in [-0.25, -0.2) is 13.4 Å². The molecule has 3 heterocycles. The van der Waals surface area contributed by atoms with E-state index in [0.717, 1.165) is 26.5 Å². The lowest BCUT2D eigenvalue weighted by molar-refractivity contribution is -0.138. The van der Waals surface area contributed by atoms with E-state index in [1.54, 1.807) is 11.3 Å². The van der Waals surface area contributed by atoms with Crippen molar-refractivity contribution in [2.45, 2.75) is 31.1 Å². The Labute approximate surface area is 204 Å². The monoisotopic (exact) mass is 515 g/mol. The summed E-state index contributed by atoms with van der Waals surface area (Å²) in [5.41, 5.74) is 3.80. The van der Waals surface area contributed by atoms with E-state index < -0.39 is 21.7 Å². The van der Waals surface area contributed by atoms with Crippen LogP contribution >= 0.6 is 23.1 Å². The number of carboxylic acids is 1. The molecule has 0 radical (unpaired) electrons. The Kier molecular flexibility index (Phi) is 5.95. The first kappa shape index (κ1) is 23.0. The van der Waals surface area contributed by atoms with Crippen molar-refractivity contribution in [2.24, 2.45) is 4.99 Å². The Bertz CT molecular complexity index is 1430. The highest BCUT2D eigenvalue weighted by molar-refractivity contribution is 8.16. The second-order valence-electron chi connectivity index (χ2n) is 8.39. The van der Waals surface area contributed by atoms with Crippen LogP contribution in [0.15, 0.2) is 47.5 Å². The number of anilines is 1. The Morgan fingerprint density at radius 1 is 1.15 bits per heavy atom. The Hall–Kier alpha value is -2.76. The summed E-state index contributed by atoms with van der Waals surface area (Å²) in [6, 6.07) is 13.5. The quantitative estimate of drug-likeness (QED) is 0.546. The summed E-state index contributed by atoms with van der Waals surface area (Å²) in [4.78, 5) is 33.7. The lowest BCUT2D eigenvalue weighted by Crippen LogP contribution is -2.37. The van der Waals surface area contributed by atoms with Crippen LogP contribution in [0.4, 0.5) is 5.69 Å². The number of rotatable bonds is 5. The molecule has 1 N–H and O–H groups in total. The van der Waals surface area contributed by atoms with Crippen LogP contribution in [-0.4, -0.2) is 58.3 Å². The molecule has 3 aromatic rings. The number of thiazole rings is 1. The Morgan fingerprint density at radius 3 is 2.65 bits per heavy atom. The van der Waals surface area contributed by atoms with E-state index in [4.69, 9.17) is 10.1 Å². The maximum Gasteiger partial charge on any atom is 0.303 e. The SMILES string of the molecule is Cc1ccc2nc(-c3ccc(N4C(=NC(=O)CCC(=O)O)S[C@@H]5CS(=O)(=O)C[C@@H]54)cc3)sc2c1. The zero-order chi connectivity index (χ0) is 24.0. The van der Waals surface area contributed by atoms with Crippen molar-refractivity contribution in [3.63, 3.8) is 0 Å². The average molecular weight is 516 g/mol. The zero-order valence-corrected chi connectivity index (χ0v) is 20.6. The van der Waals surface area contributed by atoms with E-state index >= 15 is 0 Å².